The molecule has 0 atom stereocenters. The highest BCUT2D eigenvalue weighted by Crippen LogP contribution is 2.04. The lowest BCUT2D eigenvalue weighted by Crippen LogP contribution is -2.03. The van der Waals surface area contributed by atoms with Gasteiger partial charge in [-0.3, -0.25) is 0 Å². The summed E-state index contributed by atoms with van der Waals surface area (Å²) >= 11 is 5.40. The minimum atomic E-state index is 0.249. The normalized spacial score (nSPS) is 9.11. The van der Waals surface area contributed by atoms with E-state index in [0.29, 0.717) is 5.15 Å². The van der Waals surface area contributed by atoms with Crippen LogP contribution in [0.15, 0.2) is 12.4 Å². The van der Waals surface area contributed by atoms with Gasteiger partial charge in [0.1, 0.15) is 5.15 Å². The molecular formula is C4H4ClN3O. The molecule has 0 aromatic carbocycles. The molecule has 0 aliphatic carbocycles. The van der Waals surface area contributed by atoms with E-state index in [2.05, 4.69) is 14.8 Å². The van der Waals surface area contributed by atoms with Crippen molar-refractivity contribution < 1.29 is 4.84 Å². The summed E-state index contributed by atoms with van der Waals surface area (Å²) in [6, 6.07) is 0. The molecule has 1 rings (SSSR count). The Kier molecular flexibility index (Phi) is 1.81. The van der Waals surface area contributed by atoms with E-state index >= 15 is 0 Å². The third kappa shape index (κ3) is 1.51. The van der Waals surface area contributed by atoms with Crippen molar-refractivity contribution in [2.45, 2.75) is 0 Å². The monoisotopic (exact) mass is 145 g/mol. The maximum Gasteiger partial charge on any atom is 0.255 e. The van der Waals surface area contributed by atoms with Gasteiger partial charge in [-0.25, -0.2) is 9.97 Å². The van der Waals surface area contributed by atoms with Crippen molar-refractivity contribution in [1.82, 2.24) is 9.97 Å². The summed E-state index contributed by atoms with van der Waals surface area (Å²) in [5.74, 6) is 5.00. The Balaban J connectivity index is 2.88. The number of nitrogens with zero attached hydrogens (tertiary/aromatic N) is 2. The smallest absolute Gasteiger partial charge is 0.255 e. The highest BCUT2D eigenvalue weighted by Gasteiger charge is 1.91. The van der Waals surface area contributed by atoms with Crippen molar-refractivity contribution in [2.75, 3.05) is 0 Å². The topological polar surface area (TPSA) is 61.0 Å². The summed E-state index contributed by atoms with van der Waals surface area (Å²) in [7, 11) is 0. The van der Waals surface area contributed by atoms with Crippen molar-refractivity contribution in [3.8, 4) is 5.88 Å². The second kappa shape index (κ2) is 2.61. The summed E-state index contributed by atoms with van der Waals surface area (Å²) < 4.78 is 0. The predicted molar refractivity (Wildman–Crippen MR) is 31.9 cm³/mol. The standard InChI is InChI=1S/C4H4ClN3O/c5-3-1-8-4(9-6)2-7-3/h1-2H,6H2. The third-order valence-corrected chi connectivity index (χ3v) is 0.913. The fourth-order valence-electron chi connectivity index (χ4n) is 0.361. The van der Waals surface area contributed by atoms with Crippen LogP contribution in [0.1, 0.15) is 0 Å². The Hall–Kier alpha value is -0.870. The second-order valence-electron chi connectivity index (χ2n) is 1.30. The zero-order chi connectivity index (χ0) is 6.69. The predicted octanol–water partition coefficient (Wildman–Crippen LogP) is 0.382. The summed E-state index contributed by atoms with van der Waals surface area (Å²) in [6.45, 7) is 0. The molecule has 0 spiro atoms. The van der Waals surface area contributed by atoms with Crippen LogP contribution >= 0.6 is 11.6 Å². The average molecular weight is 146 g/mol. The lowest BCUT2D eigenvalue weighted by molar-refractivity contribution is 0.319. The summed E-state index contributed by atoms with van der Waals surface area (Å²) in [4.78, 5) is 11.5. The number of rotatable bonds is 1. The van der Waals surface area contributed by atoms with Gasteiger partial charge in [-0.05, 0) is 0 Å². The van der Waals surface area contributed by atoms with E-state index in [9.17, 15) is 0 Å². The van der Waals surface area contributed by atoms with Gasteiger partial charge in [0.15, 0.2) is 0 Å². The first-order valence-corrected chi connectivity index (χ1v) is 2.55. The van der Waals surface area contributed by atoms with Gasteiger partial charge in [-0.2, -0.15) is 5.90 Å². The fourth-order valence-corrected chi connectivity index (χ4v) is 0.459. The first-order chi connectivity index (χ1) is 4.33. The van der Waals surface area contributed by atoms with Crippen LogP contribution < -0.4 is 10.7 Å². The third-order valence-electron chi connectivity index (χ3n) is 0.717. The quantitative estimate of drug-likeness (QED) is 0.581. The minimum absolute atomic E-state index is 0.249. The molecule has 0 aliphatic rings. The van der Waals surface area contributed by atoms with E-state index in [1.165, 1.54) is 12.4 Å². The van der Waals surface area contributed by atoms with Crippen molar-refractivity contribution >= 4 is 11.6 Å². The molecule has 0 radical (unpaired) electrons. The van der Waals surface area contributed by atoms with Gasteiger partial charge < -0.3 is 4.84 Å². The van der Waals surface area contributed by atoms with Gasteiger partial charge in [0, 0.05) is 0 Å². The van der Waals surface area contributed by atoms with Crippen LogP contribution in [0, 0.1) is 0 Å². The highest BCUT2D eigenvalue weighted by atomic mass is 35.5. The molecular weight excluding hydrogens is 142 g/mol. The number of aromatic nitrogens is 2. The van der Waals surface area contributed by atoms with E-state index in [0.717, 1.165) is 0 Å². The van der Waals surface area contributed by atoms with Crippen LogP contribution in [0.4, 0.5) is 0 Å². The van der Waals surface area contributed by atoms with Crippen molar-refractivity contribution in [1.29, 1.82) is 0 Å². The Labute approximate surface area is 56.6 Å². The first kappa shape index (κ1) is 6.25. The molecule has 1 aromatic rings. The zero-order valence-electron chi connectivity index (χ0n) is 4.41. The van der Waals surface area contributed by atoms with E-state index < -0.39 is 0 Å². The largest absolute Gasteiger partial charge is 0.389 e. The number of hydrogen-bond acceptors (Lipinski definition) is 4. The number of nitrogens with two attached hydrogens (primary N) is 1. The average Bonchev–Trinajstić information content (AvgIpc) is 1.90. The zero-order valence-corrected chi connectivity index (χ0v) is 5.17. The summed E-state index contributed by atoms with van der Waals surface area (Å²) in [5.41, 5.74) is 0. The van der Waals surface area contributed by atoms with E-state index in [1.54, 1.807) is 0 Å². The van der Waals surface area contributed by atoms with Crippen LogP contribution in [0.3, 0.4) is 0 Å². The maximum absolute atomic E-state index is 5.40. The molecule has 4 nitrogen and oxygen atoms in total. The van der Waals surface area contributed by atoms with Gasteiger partial charge in [0.2, 0.25) is 0 Å². The van der Waals surface area contributed by atoms with Gasteiger partial charge in [-0.1, -0.05) is 11.6 Å². The second-order valence-corrected chi connectivity index (χ2v) is 1.68. The Morgan fingerprint density at radius 3 is 2.67 bits per heavy atom. The van der Waals surface area contributed by atoms with Crippen LogP contribution in [0.2, 0.25) is 5.15 Å². The summed E-state index contributed by atoms with van der Waals surface area (Å²) in [6.07, 6.45) is 2.69. The number of halogens is 1. The SMILES string of the molecule is NOc1cnc(Cl)cn1. The summed E-state index contributed by atoms with van der Waals surface area (Å²) in [5, 5.41) is 0.316. The lowest BCUT2D eigenvalue weighted by atomic mass is 10.7. The van der Waals surface area contributed by atoms with Gasteiger partial charge in [-0.15, -0.1) is 0 Å². The molecule has 9 heavy (non-hydrogen) atoms. The molecule has 0 saturated carbocycles. The van der Waals surface area contributed by atoms with Crippen LogP contribution in [-0.4, -0.2) is 9.97 Å². The highest BCUT2D eigenvalue weighted by molar-refractivity contribution is 6.29. The lowest BCUT2D eigenvalue weighted by Gasteiger charge is -1.92. The maximum atomic E-state index is 5.40. The molecule has 0 amide bonds. The van der Waals surface area contributed by atoms with Crippen LogP contribution in [0.5, 0.6) is 5.88 Å². The van der Waals surface area contributed by atoms with E-state index in [-0.39, 0.29) is 5.88 Å². The van der Waals surface area contributed by atoms with Crippen molar-refractivity contribution in [2.24, 2.45) is 5.90 Å². The molecule has 2 N–H and O–H groups in total. The van der Waals surface area contributed by atoms with E-state index in [4.69, 9.17) is 17.5 Å². The Morgan fingerprint density at radius 1 is 1.44 bits per heavy atom. The van der Waals surface area contributed by atoms with Crippen LogP contribution in [-0.2, 0) is 0 Å². The number of hydrogen-bond donors (Lipinski definition) is 1. The van der Waals surface area contributed by atoms with Gasteiger partial charge >= 0.3 is 0 Å². The molecule has 1 heterocycles. The first-order valence-electron chi connectivity index (χ1n) is 2.17. The molecule has 0 unspecified atom stereocenters. The Morgan fingerprint density at radius 2 is 2.22 bits per heavy atom. The van der Waals surface area contributed by atoms with E-state index in [1.807, 2.05) is 0 Å². The van der Waals surface area contributed by atoms with Crippen LogP contribution in [0.25, 0.3) is 0 Å². The molecule has 0 bridgehead atoms. The van der Waals surface area contributed by atoms with Gasteiger partial charge in [0.05, 0.1) is 12.4 Å². The minimum Gasteiger partial charge on any atom is -0.389 e. The molecule has 0 fully saturated rings. The molecule has 5 heteroatoms. The van der Waals surface area contributed by atoms with Gasteiger partial charge in [0.25, 0.3) is 5.88 Å². The molecule has 1 aromatic heterocycles. The Bertz CT molecular complexity index is 188. The van der Waals surface area contributed by atoms with Crippen molar-refractivity contribution in [3.63, 3.8) is 0 Å². The molecule has 48 valence electrons. The molecule has 0 aliphatic heterocycles. The van der Waals surface area contributed by atoms with Crippen molar-refractivity contribution in [3.05, 3.63) is 17.5 Å². The fraction of sp³-hybridized carbons (Fsp3) is 0. The molecule has 0 saturated heterocycles.